The maximum atomic E-state index is 12.5. The lowest BCUT2D eigenvalue weighted by molar-refractivity contribution is -0.150. The monoisotopic (exact) mass is 612 g/mol. The van der Waals surface area contributed by atoms with Crippen LogP contribution in [0.25, 0.3) is 0 Å². The lowest BCUT2D eigenvalue weighted by atomic mass is 9.80. The molecule has 0 saturated carbocycles. The van der Waals surface area contributed by atoms with Crippen molar-refractivity contribution in [3.63, 3.8) is 0 Å². The Bertz CT molecular complexity index is 1080. The van der Waals surface area contributed by atoms with Gasteiger partial charge in [0.15, 0.2) is 0 Å². The summed E-state index contributed by atoms with van der Waals surface area (Å²) in [4.78, 5) is 12.5. The molecular weight excluding hydrogens is 556 g/mol. The van der Waals surface area contributed by atoms with Gasteiger partial charge in [0.05, 0.1) is 6.61 Å². The van der Waals surface area contributed by atoms with Crippen LogP contribution < -0.4 is 0 Å². The normalized spacial score (nSPS) is 12.4. The van der Waals surface area contributed by atoms with Crippen molar-refractivity contribution in [2.24, 2.45) is 0 Å². The van der Waals surface area contributed by atoms with E-state index in [2.05, 4.69) is 55.5 Å². The van der Waals surface area contributed by atoms with Gasteiger partial charge in [-0.3, -0.25) is 4.79 Å². The molecule has 0 amide bonds. The van der Waals surface area contributed by atoms with Crippen LogP contribution in [-0.4, -0.2) is 32.4 Å². The second kappa shape index (κ2) is 22.3. The van der Waals surface area contributed by atoms with Crippen LogP contribution in [0.2, 0.25) is 0 Å². The molecule has 0 heterocycles. The molecule has 0 aliphatic heterocycles. The maximum Gasteiger partial charge on any atom is 0.305 e. The predicted octanol–water partition coefficient (Wildman–Crippen LogP) is 10.6. The first-order valence-electron chi connectivity index (χ1n) is 17.3. The van der Waals surface area contributed by atoms with Crippen molar-refractivity contribution < 1.29 is 19.0 Å². The Labute approximate surface area is 273 Å². The van der Waals surface area contributed by atoms with E-state index in [1.165, 1.54) is 64.2 Å². The van der Waals surface area contributed by atoms with Crippen molar-refractivity contribution in [1.82, 2.24) is 0 Å². The van der Waals surface area contributed by atoms with Crippen molar-refractivity contribution in [2.45, 2.75) is 109 Å². The van der Waals surface area contributed by atoms with Crippen LogP contribution >= 0.6 is 0 Å². The van der Waals surface area contributed by atoms with Crippen molar-refractivity contribution in [1.29, 1.82) is 0 Å². The summed E-state index contributed by atoms with van der Waals surface area (Å²) in [6.07, 6.45) is 20.8. The van der Waals surface area contributed by atoms with E-state index in [0.29, 0.717) is 6.42 Å². The minimum atomic E-state index is -0.839. The zero-order valence-electron chi connectivity index (χ0n) is 27.8. The first-order chi connectivity index (χ1) is 22.2. The summed E-state index contributed by atoms with van der Waals surface area (Å²) >= 11 is 0. The van der Waals surface area contributed by atoms with Gasteiger partial charge in [-0.25, -0.2) is 0 Å². The summed E-state index contributed by atoms with van der Waals surface area (Å²) < 4.78 is 18.2. The minimum absolute atomic E-state index is 0.162. The van der Waals surface area contributed by atoms with Crippen LogP contribution in [0.3, 0.4) is 0 Å². The van der Waals surface area contributed by atoms with Gasteiger partial charge in [-0.15, -0.1) is 0 Å². The highest BCUT2D eigenvalue weighted by atomic mass is 16.6. The molecule has 4 heteroatoms. The number of benzene rings is 3. The molecule has 0 radical (unpaired) electrons. The van der Waals surface area contributed by atoms with Crippen LogP contribution in [0, 0.1) is 0 Å². The molecule has 0 bridgehead atoms. The zero-order valence-corrected chi connectivity index (χ0v) is 27.8. The quantitative estimate of drug-likeness (QED) is 0.0437. The highest BCUT2D eigenvalue weighted by Gasteiger charge is 2.38. The van der Waals surface area contributed by atoms with Crippen LogP contribution in [-0.2, 0) is 24.6 Å². The third-order valence-electron chi connectivity index (χ3n) is 8.43. The van der Waals surface area contributed by atoms with Gasteiger partial charge in [0.1, 0.15) is 18.3 Å². The molecule has 3 aromatic carbocycles. The molecule has 1 unspecified atom stereocenters. The number of carbonyl (C=O) groups is 1. The van der Waals surface area contributed by atoms with E-state index in [9.17, 15) is 4.79 Å². The molecule has 0 aliphatic rings. The number of ether oxygens (including phenoxy) is 3. The van der Waals surface area contributed by atoms with Gasteiger partial charge in [0, 0.05) is 13.5 Å². The molecule has 0 aromatic heterocycles. The highest BCUT2D eigenvalue weighted by molar-refractivity contribution is 5.69. The lowest BCUT2D eigenvalue weighted by Gasteiger charge is -2.37. The van der Waals surface area contributed by atoms with Gasteiger partial charge in [-0.05, 0) is 48.8 Å². The predicted molar refractivity (Wildman–Crippen MR) is 186 cm³/mol. The molecule has 0 saturated heterocycles. The van der Waals surface area contributed by atoms with Crippen LogP contribution in [0.1, 0.15) is 114 Å². The number of unbranched alkanes of at least 4 members (excludes halogenated alkanes) is 11. The molecule has 0 N–H and O–H groups in total. The molecule has 45 heavy (non-hydrogen) atoms. The maximum absolute atomic E-state index is 12.5. The van der Waals surface area contributed by atoms with Gasteiger partial charge < -0.3 is 14.2 Å². The fourth-order valence-electron chi connectivity index (χ4n) is 5.77. The fourth-order valence-corrected chi connectivity index (χ4v) is 5.77. The molecule has 3 aromatic rings. The first-order valence-corrected chi connectivity index (χ1v) is 17.3. The lowest BCUT2D eigenvalue weighted by Crippen LogP contribution is -2.37. The first kappa shape index (κ1) is 36.3. The minimum Gasteiger partial charge on any atom is -0.463 e. The number of rotatable bonds is 24. The largest absolute Gasteiger partial charge is 0.463 e. The molecule has 0 aliphatic carbocycles. The van der Waals surface area contributed by atoms with Gasteiger partial charge in [0.2, 0.25) is 0 Å². The smallest absolute Gasteiger partial charge is 0.305 e. The van der Waals surface area contributed by atoms with Crippen molar-refractivity contribution in [3.05, 3.63) is 120 Å². The number of carbonyl (C=O) groups excluding carboxylic acids is 1. The number of allylic oxidation sites excluding steroid dienone is 2. The molecule has 0 spiro atoms. The average molecular weight is 613 g/mol. The SMILES string of the molecule is CCCCCCCCC=CCCCCCCCC(=O)OCC(COC(c1ccccc1)(c1ccccc1)c1ccccc1)OC. The van der Waals surface area contributed by atoms with Gasteiger partial charge >= 0.3 is 5.97 Å². The van der Waals surface area contributed by atoms with E-state index >= 15 is 0 Å². The van der Waals surface area contributed by atoms with Crippen molar-refractivity contribution >= 4 is 5.97 Å². The Morgan fingerprint density at radius 1 is 0.622 bits per heavy atom. The number of methoxy groups -OCH3 is 1. The Morgan fingerprint density at radius 2 is 1.07 bits per heavy atom. The molecular formula is C41H56O4. The molecule has 0 fully saturated rings. The standard InChI is InChI=1S/C41H56O4/c1-3-4-5-6-7-8-9-10-11-12-13-14-15-16-26-33-40(42)44-34-39(43-2)35-45-41(36-27-20-17-21-28-36,37-29-22-18-23-30-37)38-31-24-19-25-32-38/h10-11,17-25,27-32,39H,3-9,12-16,26,33-35H2,1-2H3. The summed E-state index contributed by atoms with van der Waals surface area (Å²) in [6.45, 7) is 2.69. The summed E-state index contributed by atoms with van der Waals surface area (Å²) in [5.74, 6) is -0.171. The Balaban J connectivity index is 1.40. The van der Waals surface area contributed by atoms with Crippen LogP contribution in [0.5, 0.6) is 0 Å². The molecule has 244 valence electrons. The van der Waals surface area contributed by atoms with E-state index in [1.54, 1.807) is 7.11 Å². The number of esters is 1. The number of hydrogen-bond acceptors (Lipinski definition) is 4. The van der Waals surface area contributed by atoms with E-state index in [0.717, 1.165) is 36.0 Å². The van der Waals surface area contributed by atoms with Crippen molar-refractivity contribution in [2.75, 3.05) is 20.3 Å². The fraction of sp³-hybridized carbons (Fsp3) is 0.488. The molecule has 1 atom stereocenters. The van der Waals surface area contributed by atoms with Gasteiger partial charge in [-0.2, -0.15) is 0 Å². The van der Waals surface area contributed by atoms with E-state index in [4.69, 9.17) is 14.2 Å². The van der Waals surface area contributed by atoms with Crippen molar-refractivity contribution in [3.8, 4) is 0 Å². The topological polar surface area (TPSA) is 44.8 Å². The van der Waals surface area contributed by atoms with Crippen LogP contribution in [0.15, 0.2) is 103 Å². The zero-order chi connectivity index (χ0) is 31.8. The van der Waals surface area contributed by atoms with E-state index in [-0.39, 0.29) is 19.2 Å². The third-order valence-corrected chi connectivity index (χ3v) is 8.43. The summed E-state index contributed by atoms with van der Waals surface area (Å²) in [5, 5.41) is 0. The second-order valence-corrected chi connectivity index (χ2v) is 12.0. The van der Waals surface area contributed by atoms with E-state index in [1.807, 2.05) is 54.6 Å². The molecule has 3 rings (SSSR count). The Morgan fingerprint density at radius 3 is 1.53 bits per heavy atom. The third kappa shape index (κ3) is 13.0. The summed E-state index contributed by atoms with van der Waals surface area (Å²) in [7, 11) is 1.64. The summed E-state index contributed by atoms with van der Waals surface area (Å²) in [6, 6.07) is 30.8. The van der Waals surface area contributed by atoms with Crippen LogP contribution in [0.4, 0.5) is 0 Å². The number of hydrogen-bond donors (Lipinski definition) is 0. The van der Waals surface area contributed by atoms with Gasteiger partial charge in [-0.1, -0.05) is 161 Å². The Kier molecular flexibility index (Phi) is 18.0. The Hall–Kier alpha value is -3.21. The second-order valence-electron chi connectivity index (χ2n) is 12.0. The van der Waals surface area contributed by atoms with Gasteiger partial charge in [0.25, 0.3) is 0 Å². The molecule has 4 nitrogen and oxygen atoms in total. The van der Waals surface area contributed by atoms with E-state index < -0.39 is 11.7 Å². The summed E-state index contributed by atoms with van der Waals surface area (Å²) in [5.41, 5.74) is 2.24. The highest BCUT2D eigenvalue weighted by Crippen LogP contribution is 2.40. The average Bonchev–Trinajstić information content (AvgIpc) is 3.09.